The first-order valence-electron chi connectivity index (χ1n) is 5.30. The van der Waals surface area contributed by atoms with Crippen LogP contribution in [0.4, 0.5) is 9.18 Å². The van der Waals surface area contributed by atoms with Gasteiger partial charge in [0.25, 0.3) is 5.91 Å². The van der Waals surface area contributed by atoms with Crippen LogP contribution in [0, 0.1) is 5.82 Å². The molecule has 1 aromatic rings. The van der Waals surface area contributed by atoms with Gasteiger partial charge < -0.3 is 9.47 Å². The van der Waals surface area contributed by atoms with Crippen LogP contribution in [0.2, 0.25) is 0 Å². The lowest BCUT2D eigenvalue weighted by atomic mass is 10.2. The molecular weight excluding hydrogens is 257 g/mol. The van der Waals surface area contributed by atoms with Crippen molar-refractivity contribution in [3.63, 3.8) is 0 Å². The highest BCUT2D eigenvalue weighted by atomic mass is 19.1. The van der Waals surface area contributed by atoms with Crippen molar-refractivity contribution in [1.82, 2.24) is 5.32 Å². The van der Waals surface area contributed by atoms with Crippen LogP contribution in [0.15, 0.2) is 24.3 Å². The van der Waals surface area contributed by atoms with Crippen molar-refractivity contribution in [2.75, 3.05) is 7.11 Å². The smallest absolute Gasteiger partial charge is 0.413 e. The van der Waals surface area contributed by atoms with Crippen LogP contribution in [0.25, 0.3) is 0 Å². The largest absolute Gasteiger partial charge is 0.453 e. The molecule has 0 bridgehead atoms. The highest BCUT2D eigenvalue weighted by molar-refractivity contribution is 5.97. The normalized spacial score (nSPS) is 11.3. The second kappa shape index (κ2) is 6.48. The Kier molecular flexibility index (Phi) is 4.99. The van der Waals surface area contributed by atoms with Gasteiger partial charge in [0.05, 0.1) is 12.7 Å². The molecule has 0 unspecified atom stereocenters. The van der Waals surface area contributed by atoms with Crippen molar-refractivity contribution < 1.29 is 28.2 Å². The molecule has 1 rings (SSSR count). The molecular formula is C12H12FNO5. The van der Waals surface area contributed by atoms with Crippen LogP contribution in [0.3, 0.4) is 0 Å². The average Bonchev–Trinajstić information content (AvgIpc) is 2.38. The van der Waals surface area contributed by atoms with Crippen LogP contribution < -0.4 is 5.32 Å². The molecule has 1 aromatic carbocycles. The fourth-order valence-corrected chi connectivity index (χ4v) is 1.16. The quantitative estimate of drug-likeness (QED) is 0.835. The summed E-state index contributed by atoms with van der Waals surface area (Å²) in [6.45, 7) is 1.25. The number of benzene rings is 1. The van der Waals surface area contributed by atoms with E-state index in [-0.39, 0.29) is 5.56 Å². The number of rotatable bonds is 3. The number of alkyl carbamates (subject to hydrolysis) is 1. The summed E-state index contributed by atoms with van der Waals surface area (Å²) in [6.07, 6.45) is -2.23. The Balaban J connectivity index is 2.64. The van der Waals surface area contributed by atoms with E-state index in [1.54, 1.807) is 0 Å². The van der Waals surface area contributed by atoms with E-state index in [1.165, 1.54) is 25.1 Å². The van der Waals surface area contributed by atoms with Gasteiger partial charge >= 0.3 is 12.1 Å². The lowest BCUT2D eigenvalue weighted by molar-refractivity contribution is -0.128. The second-order valence-corrected chi connectivity index (χ2v) is 3.51. The third kappa shape index (κ3) is 4.06. The molecule has 6 nitrogen and oxygen atoms in total. The second-order valence-electron chi connectivity index (χ2n) is 3.51. The molecule has 7 heteroatoms. The van der Waals surface area contributed by atoms with Gasteiger partial charge in [-0.2, -0.15) is 0 Å². The van der Waals surface area contributed by atoms with Crippen molar-refractivity contribution in [3.8, 4) is 0 Å². The van der Waals surface area contributed by atoms with Crippen molar-refractivity contribution in [2.24, 2.45) is 0 Å². The molecule has 0 spiro atoms. The van der Waals surface area contributed by atoms with Crippen molar-refractivity contribution >= 4 is 18.0 Å². The van der Waals surface area contributed by atoms with Gasteiger partial charge in [0, 0.05) is 0 Å². The van der Waals surface area contributed by atoms with Gasteiger partial charge in [0.2, 0.25) is 0 Å². The molecule has 0 radical (unpaired) electrons. The first-order valence-corrected chi connectivity index (χ1v) is 5.30. The van der Waals surface area contributed by atoms with Crippen LogP contribution in [0.1, 0.15) is 17.3 Å². The maximum atomic E-state index is 13.3. The summed E-state index contributed by atoms with van der Waals surface area (Å²) in [4.78, 5) is 33.7. The molecule has 19 heavy (non-hydrogen) atoms. The molecule has 0 aliphatic carbocycles. The van der Waals surface area contributed by atoms with Gasteiger partial charge in [-0.15, -0.1) is 0 Å². The zero-order valence-electron chi connectivity index (χ0n) is 10.3. The minimum atomic E-state index is -1.26. The predicted molar refractivity (Wildman–Crippen MR) is 61.8 cm³/mol. The maximum Gasteiger partial charge on any atom is 0.413 e. The third-order valence-electron chi connectivity index (χ3n) is 2.16. The standard InChI is InChI=1S/C12H12FNO5/c1-7(10(15)14-12(17)18-2)19-11(16)8-5-3-4-6-9(8)13/h3-7H,1-2H3,(H,14,15,17)/t7-/m1/s1. The molecule has 1 N–H and O–H groups in total. The summed E-state index contributed by atoms with van der Waals surface area (Å²) in [5.41, 5.74) is -0.291. The number of amides is 2. The summed E-state index contributed by atoms with van der Waals surface area (Å²) in [5.74, 6) is -2.62. The molecule has 0 heterocycles. The van der Waals surface area contributed by atoms with Crippen molar-refractivity contribution in [2.45, 2.75) is 13.0 Å². The number of methoxy groups -OCH3 is 1. The van der Waals surface area contributed by atoms with Crippen LogP contribution in [-0.4, -0.2) is 31.2 Å². The lowest BCUT2D eigenvalue weighted by Gasteiger charge is -2.12. The van der Waals surface area contributed by atoms with Crippen LogP contribution in [-0.2, 0) is 14.3 Å². The Morgan fingerprint density at radius 3 is 2.47 bits per heavy atom. The number of halogens is 1. The summed E-state index contributed by atoms with van der Waals surface area (Å²) >= 11 is 0. The maximum absolute atomic E-state index is 13.3. The van der Waals surface area contributed by atoms with Crippen molar-refractivity contribution in [3.05, 3.63) is 35.6 Å². The molecule has 102 valence electrons. The number of carbonyl (C=O) groups is 3. The van der Waals surface area contributed by atoms with Crippen molar-refractivity contribution in [1.29, 1.82) is 0 Å². The minimum Gasteiger partial charge on any atom is -0.453 e. The number of imide groups is 1. The number of esters is 1. The van der Waals surface area contributed by atoms with Crippen LogP contribution >= 0.6 is 0 Å². The molecule has 1 atom stereocenters. The summed E-state index contributed by atoms with van der Waals surface area (Å²) in [6, 6.07) is 5.19. The van der Waals surface area contributed by atoms with E-state index in [9.17, 15) is 18.8 Å². The highest BCUT2D eigenvalue weighted by Gasteiger charge is 2.22. The number of hydrogen-bond donors (Lipinski definition) is 1. The number of hydrogen-bond acceptors (Lipinski definition) is 5. The SMILES string of the molecule is COC(=O)NC(=O)[C@@H](C)OC(=O)c1ccccc1F. The third-order valence-corrected chi connectivity index (χ3v) is 2.16. The lowest BCUT2D eigenvalue weighted by Crippen LogP contribution is -2.39. The van der Waals surface area contributed by atoms with Gasteiger partial charge in [0.1, 0.15) is 5.82 Å². The van der Waals surface area contributed by atoms with E-state index in [1.807, 2.05) is 5.32 Å². The Morgan fingerprint density at radius 1 is 1.26 bits per heavy atom. The molecule has 2 amide bonds. The molecule has 0 aliphatic heterocycles. The zero-order chi connectivity index (χ0) is 14.4. The summed E-state index contributed by atoms with van der Waals surface area (Å²) in [7, 11) is 1.08. The Hall–Kier alpha value is -2.44. The number of carbonyl (C=O) groups excluding carboxylic acids is 3. The van der Waals surface area contributed by atoms with E-state index >= 15 is 0 Å². The van der Waals surface area contributed by atoms with E-state index in [4.69, 9.17) is 4.74 Å². The summed E-state index contributed by atoms with van der Waals surface area (Å²) in [5, 5.41) is 1.83. The topological polar surface area (TPSA) is 81.7 Å². The number of ether oxygens (including phenoxy) is 2. The number of nitrogens with one attached hydrogen (secondary N) is 1. The minimum absolute atomic E-state index is 0.291. The van der Waals surface area contributed by atoms with E-state index < -0.39 is 29.9 Å². The van der Waals surface area contributed by atoms with Gasteiger partial charge in [-0.25, -0.2) is 14.0 Å². The van der Waals surface area contributed by atoms with E-state index in [0.717, 1.165) is 13.2 Å². The van der Waals surface area contributed by atoms with Gasteiger partial charge in [0.15, 0.2) is 6.10 Å². The van der Waals surface area contributed by atoms with Gasteiger partial charge in [-0.05, 0) is 19.1 Å². The Bertz CT molecular complexity index is 503. The predicted octanol–water partition coefficient (Wildman–Crippen LogP) is 1.25. The van der Waals surface area contributed by atoms with Gasteiger partial charge in [-0.1, -0.05) is 12.1 Å². The Labute approximate surface area is 108 Å². The monoisotopic (exact) mass is 269 g/mol. The highest BCUT2D eigenvalue weighted by Crippen LogP contribution is 2.09. The fourth-order valence-electron chi connectivity index (χ4n) is 1.16. The van der Waals surface area contributed by atoms with E-state index in [0.29, 0.717) is 0 Å². The molecule has 0 aliphatic rings. The summed E-state index contributed by atoms with van der Waals surface area (Å²) < 4.78 is 22.2. The average molecular weight is 269 g/mol. The Morgan fingerprint density at radius 2 is 1.89 bits per heavy atom. The van der Waals surface area contributed by atoms with E-state index in [2.05, 4.69) is 4.74 Å². The first kappa shape index (κ1) is 14.6. The first-order chi connectivity index (χ1) is 8.95. The fraction of sp³-hybridized carbons (Fsp3) is 0.250. The molecule has 0 aromatic heterocycles. The molecule has 0 saturated carbocycles. The van der Waals surface area contributed by atoms with Gasteiger partial charge in [-0.3, -0.25) is 10.1 Å². The molecule has 0 fully saturated rings. The zero-order valence-corrected chi connectivity index (χ0v) is 10.3. The molecule has 0 saturated heterocycles. The van der Waals surface area contributed by atoms with Crippen LogP contribution in [0.5, 0.6) is 0 Å².